The van der Waals surface area contributed by atoms with Crippen LogP contribution in [0.2, 0.25) is 0 Å². The number of nitrogens with one attached hydrogen (secondary N) is 1. The average Bonchev–Trinajstić information content (AvgIpc) is 3.29. The SMILES string of the molecule is COC(=O)c1scc(-c2ccc(C)cc2)c1NC(=O)N1CCC(C(=O)O)C1. The highest BCUT2D eigenvalue weighted by atomic mass is 32.1. The maximum absolute atomic E-state index is 12.7. The Kier molecular flexibility index (Phi) is 5.46. The smallest absolute Gasteiger partial charge is 0.350 e. The van der Waals surface area contributed by atoms with Gasteiger partial charge in [0.1, 0.15) is 4.88 Å². The number of anilines is 1. The van der Waals surface area contributed by atoms with Crippen molar-refractivity contribution in [2.75, 3.05) is 25.5 Å². The average molecular weight is 388 g/mol. The zero-order valence-corrected chi connectivity index (χ0v) is 15.8. The zero-order valence-electron chi connectivity index (χ0n) is 15.0. The minimum atomic E-state index is -0.906. The number of ether oxygens (including phenoxy) is 1. The Hall–Kier alpha value is -2.87. The number of carbonyl (C=O) groups excluding carboxylic acids is 2. The molecule has 1 aliphatic heterocycles. The Balaban J connectivity index is 1.89. The van der Waals surface area contributed by atoms with Crippen molar-refractivity contribution >= 4 is 35.0 Å². The molecule has 1 saturated heterocycles. The van der Waals surface area contributed by atoms with E-state index in [-0.39, 0.29) is 6.54 Å². The maximum atomic E-state index is 12.7. The number of esters is 1. The van der Waals surface area contributed by atoms with Crippen LogP contribution < -0.4 is 5.32 Å². The van der Waals surface area contributed by atoms with Gasteiger partial charge < -0.3 is 20.1 Å². The number of carboxylic acid groups (broad SMARTS) is 1. The van der Waals surface area contributed by atoms with Gasteiger partial charge in [0.05, 0.1) is 18.7 Å². The van der Waals surface area contributed by atoms with E-state index >= 15 is 0 Å². The summed E-state index contributed by atoms with van der Waals surface area (Å²) in [6.07, 6.45) is 0.418. The summed E-state index contributed by atoms with van der Waals surface area (Å²) in [6, 6.07) is 7.33. The van der Waals surface area contributed by atoms with Gasteiger partial charge in [-0.05, 0) is 18.9 Å². The highest BCUT2D eigenvalue weighted by Crippen LogP contribution is 2.37. The first kappa shape index (κ1) is 18.9. The van der Waals surface area contributed by atoms with Gasteiger partial charge in [0.2, 0.25) is 0 Å². The first-order valence-electron chi connectivity index (χ1n) is 8.46. The lowest BCUT2D eigenvalue weighted by atomic mass is 10.1. The van der Waals surface area contributed by atoms with Crippen molar-refractivity contribution in [3.05, 3.63) is 40.1 Å². The first-order chi connectivity index (χ1) is 12.9. The molecule has 0 saturated carbocycles. The molecule has 2 heterocycles. The second-order valence-corrected chi connectivity index (χ2v) is 7.29. The van der Waals surface area contributed by atoms with Gasteiger partial charge in [0.25, 0.3) is 0 Å². The van der Waals surface area contributed by atoms with Crippen LogP contribution in [0.4, 0.5) is 10.5 Å². The van der Waals surface area contributed by atoms with E-state index in [0.29, 0.717) is 23.5 Å². The molecule has 1 unspecified atom stereocenters. The second-order valence-electron chi connectivity index (χ2n) is 6.41. The van der Waals surface area contributed by atoms with E-state index in [1.165, 1.54) is 23.3 Å². The van der Waals surface area contributed by atoms with E-state index in [0.717, 1.165) is 16.7 Å². The van der Waals surface area contributed by atoms with Gasteiger partial charge in [0.15, 0.2) is 0 Å². The number of urea groups is 1. The van der Waals surface area contributed by atoms with Gasteiger partial charge in [-0.1, -0.05) is 29.8 Å². The highest BCUT2D eigenvalue weighted by molar-refractivity contribution is 7.13. The Morgan fingerprint density at radius 2 is 1.96 bits per heavy atom. The molecule has 8 heteroatoms. The van der Waals surface area contributed by atoms with Crippen LogP contribution in [0.1, 0.15) is 21.7 Å². The van der Waals surface area contributed by atoms with Gasteiger partial charge in [-0.3, -0.25) is 4.79 Å². The summed E-state index contributed by atoms with van der Waals surface area (Å²) in [5.74, 6) is -2.00. The molecule has 3 rings (SSSR count). The van der Waals surface area contributed by atoms with Crippen LogP contribution in [0, 0.1) is 12.8 Å². The predicted molar refractivity (Wildman–Crippen MR) is 102 cm³/mol. The van der Waals surface area contributed by atoms with Crippen molar-refractivity contribution in [3.63, 3.8) is 0 Å². The third kappa shape index (κ3) is 3.95. The molecule has 1 fully saturated rings. The van der Waals surface area contributed by atoms with Crippen LogP contribution in [-0.4, -0.2) is 48.2 Å². The summed E-state index contributed by atoms with van der Waals surface area (Å²) in [6.45, 7) is 2.49. The van der Waals surface area contributed by atoms with E-state index in [1.54, 1.807) is 5.38 Å². The van der Waals surface area contributed by atoms with Crippen LogP contribution in [0.5, 0.6) is 0 Å². The first-order valence-corrected chi connectivity index (χ1v) is 9.34. The minimum Gasteiger partial charge on any atom is -0.481 e. The van der Waals surface area contributed by atoms with Crippen LogP contribution in [0.25, 0.3) is 11.1 Å². The lowest BCUT2D eigenvalue weighted by Crippen LogP contribution is -2.34. The van der Waals surface area contributed by atoms with Crippen LogP contribution >= 0.6 is 11.3 Å². The summed E-state index contributed by atoms with van der Waals surface area (Å²) in [5, 5.41) is 13.7. The van der Waals surface area contributed by atoms with E-state index in [4.69, 9.17) is 9.84 Å². The fourth-order valence-electron chi connectivity index (χ4n) is 3.00. The maximum Gasteiger partial charge on any atom is 0.350 e. The van der Waals surface area contributed by atoms with Gasteiger partial charge in [-0.2, -0.15) is 0 Å². The zero-order chi connectivity index (χ0) is 19.6. The summed E-state index contributed by atoms with van der Waals surface area (Å²) in [7, 11) is 1.29. The van der Waals surface area contributed by atoms with Gasteiger partial charge in [-0.15, -0.1) is 11.3 Å². The van der Waals surface area contributed by atoms with Crippen molar-refractivity contribution in [1.29, 1.82) is 0 Å². The van der Waals surface area contributed by atoms with Crippen LogP contribution in [0.15, 0.2) is 29.6 Å². The lowest BCUT2D eigenvalue weighted by molar-refractivity contribution is -0.141. The molecule has 1 aromatic carbocycles. The van der Waals surface area contributed by atoms with E-state index in [1.807, 2.05) is 31.2 Å². The Morgan fingerprint density at radius 3 is 2.56 bits per heavy atom. The normalized spacial score (nSPS) is 16.2. The number of rotatable bonds is 4. The third-order valence-electron chi connectivity index (χ3n) is 4.58. The number of hydrogen-bond acceptors (Lipinski definition) is 5. The van der Waals surface area contributed by atoms with Crippen molar-refractivity contribution in [3.8, 4) is 11.1 Å². The van der Waals surface area contributed by atoms with Crippen molar-refractivity contribution < 1.29 is 24.2 Å². The molecular weight excluding hydrogens is 368 g/mol. The number of benzene rings is 1. The Labute approximate surface area is 160 Å². The minimum absolute atomic E-state index is 0.152. The quantitative estimate of drug-likeness (QED) is 0.782. The Bertz CT molecular complexity index is 875. The third-order valence-corrected chi connectivity index (χ3v) is 5.54. The molecule has 1 aromatic heterocycles. The largest absolute Gasteiger partial charge is 0.481 e. The molecule has 142 valence electrons. The number of nitrogens with zero attached hydrogens (tertiary/aromatic N) is 1. The number of hydrogen-bond donors (Lipinski definition) is 2. The number of carbonyl (C=O) groups is 3. The fourth-order valence-corrected chi connectivity index (χ4v) is 3.95. The van der Waals surface area contributed by atoms with Gasteiger partial charge >= 0.3 is 18.0 Å². The highest BCUT2D eigenvalue weighted by Gasteiger charge is 2.32. The lowest BCUT2D eigenvalue weighted by Gasteiger charge is -2.18. The molecule has 1 atom stereocenters. The molecule has 2 N–H and O–H groups in total. The Morgan fingerprint density at radius 1 is 1.26 bits per heavy atom. The molecule has 0 bridgehead atoms. The molecule has 1 aliphatic rings. The summed E-state index contributed by atoms with van der Waals surface area (Å²) < 4.78 is 4.83. The van der Waals surface area contributed by atoms with Crippen molar-refractivity contribution in [1.82, 2.24) is 4.90 Å². The molecular formula is C19H20N2O5S. The van der Waals surface area contributed by atoms with E-state index < -0.39 is 23.9 Å². The van der Waals surface area contributed by atoms with Crippen LogP contribution in [-0.2, 0) is 9.53 Å². The number of aliphatic carboxylic acids is 1. The molecule has 7 nitrogen and oxygen atoms in total. The van der Waals surface area contributed by atoms with Gasteiger partial charge in [0, 0.05) is 24.0 Å². The van der Waals surface area contributed by atoms with E-state index in [9.17, 15) is 14.4 Å². The standard InChI is InChI=1S/C19H20N2O5S/c1-11-3-5-12(6-4-11)14-10-27-16(18(24)26-2)15(14)20-19(25)21-8-7-13(9-21)17(22)23/h3-6,10,13H,7-9H2,1-2H3,(H,20,25)(H,22,23). The van der Waals surface area contributed by atoms with Crippen molar-refractivity contribution in [2.24, 2.45) is 5.92 Å². The topological polar surface area (TPSA) is 95.9 Å². The molecule has 0 spiro atoms. The number of likely N-dealkylation sites (tertiary alicyclic amines) is 1. The number of amides is 2. The van der Waals surface area contributed by atoms with E-state index in [2.05, 4.69) is 5.32 Å². The summed E-state index contributed by atoms with van der Waals surface area (Å²) in [4.78, 5) is 37.7. The summed E-state index contributed by atoms with van der Waals surface area (Å²) in [5.41, 5.74) is 3.08. The molecule has 2 aromatic rings. The second kappa shape index (κ2) is 7.79. The number of thiophene rings is 1. The predicted octanol–water partition coefficient (Wildman–Crippen LogP) is 3.45. The summed E-state index contributed by atoms with van der Waals surface area (Å²) >= 11 is 1.20. The fraction of sp³-hybridized carbons (Fsp3) is 0.316. The molecule has 0 aliphatic carbocycles. The van der Waals surface area contributed by atoms with Gasteiger partial charge in [-0.25, -0.2) is 9.59 Å². The number of methoxy groups -OCH3 is 1. The monoisotopic (exact) mass is 388 g/mol. The molecule has 2 amide bonds. The van der Waals surface area contributed by atoms with Crippen LogP contribution in [0.3, 0.4) is 0 Å². The number of carboxylic acids is 1. The van der Waals surface area contributed by atoms with Crippen molar-refractivity contribution in [2.45, 2.75) is 13.3 Å². The number of aryl methyl sites for hydroxylation is 1. The molecule has 27 heavy (non-hydrogen) atoms. The molecule has 0 radical (unpaired) electrons.